The number of hydrogen-bond acceptors (Lipinski definition) is 12. The van der Waals surface area contributed by atoms with Crippen molar-refractivity contribution in [3.05, 3.63) is 97.5 Å². The van der Waals surface area contributed by atoms with Gasteiger partial charge in [-0.25, -0.2) is 14.4 Å². The molecule has 332 valence electrons. The summed E-state index contributed by atoms with van der Waals surface area (Å²) >= 11 is 1.17. The Morgan fingerprint density at radius 1 is 0.918 bits per heavy atom. The number of thiophene rings is 1. The minimum absolute atomic E-state index is 0.0291. The summed E-state index contributed by atoms with van der Waals surface area (Å²) in [4.78, 5) is 62.4. The lowest BCUT2D eigenvalue weighted by Crippen LogP contribution is -2.57. The summed E-state index contributed by atoms with van der Waals surface area (Å²) in [7, 11) is 1.33. The van der Waals surface area contributed by atoms with Crippen LogP contribution in [0.5, 0.6) is 5.75 Å². The van der Waals surface area contributed by atoms with Gasteiger partial charge in [0.1, 0.15) is 10.6 Å². The zero-order valence-electron chi connectivity index (χ0n) is 32.3. The number of benzene rings is 2. The summed E-state index contributed by atoms with van der Waals surface area (Å²) in [6.07, 6.45) is -8.48. The number of fused-ring (bicyclic) bond motifs is 1. The van der Waals surface area contributed by atoms with Gasteiger partial charge in [0.25, 0.3) is 5.91 Å². The topological polar surface area (TPSA) is 219 Å². The van der Waals surface area contributed by atoms with E-state index in [0.717, 1.165) is 38.9 Å². The maximum Gasteiger partial charge on any atom is 0.490 e. The number of carboxylic acids is 2. The van der Waals surface area contributed by atoms with Gasteiger partial charge in [-0.05, 0) is 66.8 Å². The second kappa shape index (κ2) is 20.8. The van der Waals surface area contributed by atoms with Crippen molar-refractivity contribution in [1.29, 1.82) is 0 Å². The number of likely N-dealkylation sites (tertiary alicyclic amines) is 1. The van der Waals surface area contributed by atoms with Crippen LogP contribution in [0.4, 0.5) is 26.3 Å². The zero-order chi connectivity index (χ0) is 45.1. The smallest absolute Gasteiger partial charge is 0.490 e. The van der Waals surface area contributed by atoms with Gasteiger partial charge in [0.05, 0.1) is 42.4 Å². The standard InChI is InChI=1S/C35H40N4O7S.2C2HF3O2/c1-45-34(44)30-9-8-29(47-30)33(43)39-17-18-46-35(22-39)12-15-38(16-13-35)21-24-4-2-3-23(19-24)11-14-36-20-28(41)25-5-7-27(40)32-26(25)6-10-31(42)37-32;2*3-2(4,5)1(6)7/h2-10,19,28,36,40-41H,11-18,20-22H2,1H3,(H,37,42);2*(H,6,7)/t28-;;/m0../s1. The summed E-state index contributed by atoms with van der Waals surface area (Å²) in [6, 6.07) is 18.1. The van der Waals surface area contributed by atoms with Crippen LogP contribution in [-0.2, 0) is 32.0 Å². The number of pyridine rings is 1. The highest BCUT2D eigenvalue weighted by atomic mass is 32.1. The Labute approximate surface area is 347 Å². The molecule has 2 aromatic carbocycles. The number of piperidine rings is 1. The van der Waals surface area contributed by atoms with Crippen LogP contribution in [0.25, 0.3) is 10.9 Å². The van der Waals surface area contributed by atoms with Crippen LogP contribution in [-0.4, -0.2) is 130 Å². The first kappa shape index (κ1) is 48.1. The summed E-state index contributed by atoms with van der Waals surface area (Å²) in [5, 5.41) is 39.1. The minimum Gasteiger partial charge on any atom is -0.506 e. The van der Waals surface area contributed by atoms with Crippen LogP contribution in [0.2, 0.25) is 0 Å². The lowest BCUT2D eigenvalue weighted by Gasteiger charge is -2.47. The van der Waals surface area contributed by atoms with Gasteiger partial charge in [0.15, 0.2) is 0 Å². The number of carbonyl (C=O) groups is 4. The maximum absolute atomic E-state index is 13.2. The molecule has 1 spiro atoms. The number of esters is 1. The molecule has 0 unspecified atom stereocenters. The second-order valence-electron chi connectivity index (χ2n) is 13.9. The average Bonchev–Trinajstić information content (AvgIpc) is 3.71. The van der Waals surface area contributed by atoms with Crippen LogP contribution in [0.1, 0.15) is 55.0 Å². The van der Waals surface area contributed by atoms with Gasteiger partial charge in [-0.15, -0.1) is 11.3 Å². The third-order valence-corrected chi connectivity index (χ3v) is 10.6. The van der Waals surface area contributed by atoms with E-state index in [4.69, 9.17) is 29.3 Å². The first-order chi connectivity index (χ1) is 28.6. The number of nitrogens with one attached hydrogen (secondary N) is 2. The van der Waals surface area contributed by atoms with E-state index >= 15 is 0 Å². The normalized spacial score (nSPS) is 15.8. The largest absolute Gasteiger partial charge is 0.506 e. The summed E-state index contributed by atoms with van der Waals surface area (Å²) in [5.74, 6) is -6.04. The number of H-pyrrole nitrogens is 1. The fourth-order valence-electron chi connectivity index (χ4n) is 6.53. The number of morpholine rings is 1. The van der Waals surface area contributed by atoms with Crippen LogP contribution < -0.4 is 10.9 Å². The van der Waals surface area contributed by atoms with Crippen molar-refractivity contribution in [3.8, 4) is 5.75 Å². The Morgan fingerprint density at radius 2 is 1.54 bits per heavy atom. The van der Waals surface area contributed by atoms with E-state index in [1.165, 1.54) is 41.7 Å². The molecule has 22 heteroatoms. The van der Waals surface area contributed by atoms with Gasteiger partial charge in [0.2, 0.25) is 5.56 Å². The number of nitrogens with zero attached hydrogens (tertiary/aromatic N) is 2. The van der Waals surface area contributed by atoms with Crippen LogP contribution >= 0.6 is 11.3 Å². The number of aliphatic carboxylic acids is 2. The Hall–Kier alpha value is -5.55. The fourth-order valence-corrected chi connectivity index (χ4v) is 7.42. The van der Waals surface area contributed by atoms with Crippen molar-refractivity contribution >= 4 is 46.1 Å². The number of aliphatic hydroxyl groups excluding tert-OH is 1. The number of rotatable bonds is 10. The molecule has 2 saturated heterocycles. The van der Waals surface area contributed by atoms with E-state index in [2.05, 4.69) is 39.5 Å². The molecule has 2 aromatic heterocycles. The predicted octanol–water partition coefficient (Wildman–Crippen LogP) is 4.72. The predicted molar refractivity (Wildman–Crippen MR) is 206 cm³/mol. The van der Waals surface area contributed by atoms with E-state index in [1.54, 1.807) is 24.3 Å². The lowest BCUT2D eigenvalue weighted by atomic mass is 9.89. The molecule has 1 atom stereocenters. The van der Waals surface area contributed by atoms with Crippen molar-refractivity contribution in [2.24, 2.45) is 0 Å². The van der Waals surface area contributed by atoms with E-state index in [9.17, 15) is 50.9 Å². The Bertz CT molecular complexity index is 2200. The molecule has 1 amide bonds. The van der Waals surface area contributed by atoms with Gasteiger partial charge in [-0.1, -0.05) is 30.3 Å². The Morgan fingerprint density at radius 3 is 2.16 bits per heavy atom. The number of alkyl halides is 6. The molecule has 15 nitrogen and oxygen atoms in total. The number of ether oxygens (including phenoxy) is 2. The molecule has 0 radical (unpaired) electrons. The molecule has 4 heterocycles. The maximum atomic E-state index is 13.2. The van der Waals surface area contributed by atoms with E-state index in [0.29, 0.717) is 59.0 Å². The summed E-state index contributed by atoms with van der Waals surface area (Å²) in [6.45, 7) is 5.18. The molecule has 2 fully saturated rings. The number of aromatic amines is 1. The molecule has 0 saturated carbocycles. The van der Waals surface area contributed by atoms with Gasteiger partial charge in [-0.2, -0.15) is 26.3 Å². The molecule has 6 rings (SSSR count). The summed E-state index contributed by atoms with van der Waals surface area (Å²) < 4.78 is 74.5. The SMILES string of the molecule is COC(=O)c1ccc(C(=O)N2CCOC3(CCN(Cc4cccc(CCNC[C@H](O)c5ccc(O)c6[nH]c(=O)ccc56)c4)CC3)C2)s1.O=C(O)C(F)(F)F.O=C(O)C(F)(F)F. The van der Waals surface area contributed by atoms with Crippen molar-refractivity contribution in [3.63, 3.8) is 0 Å². The first-order valence-electron chi connectivity index (χ1n) is 18.4. The second-order valence-corrected chi connectivity index (χ2v) is 15.0. The third-order valence-electron chi connectivity index (χ3n) is 9.58. The molecule has 0 bridgehead atoms. The lowest BCUT2D eigenvalue weighted by molar-refractivity contribution is -0.193. The van der Waals surface area contributed by atoms with Gasteiger partial charge in [-0.3, -0.25) is 14.5 Å². The number of carbonyl (C=O) groups excluding carboxylic acids is 2. The van der Waals surface area contributed by atoms with Crippen molar-refractivity contribution in [2.75, 3.05) is 53.0 Å². The number of amides is 1. The third kappa shape index (κ3) is 13.7. The summed E-state index contributed by atoms with van der Waals surface area (Å²) in [5.41, 5.74) is 2.75. The molecular formula is C39H42F6N4O11S. The number of aromatic hydroxyl groups is 1. The van der Waals surface area contributed by atoms with Crippen LogP contribution in [0.3, 0.4) is 0 Å². The highest BCUT2D eigenvalue weighted by Gasteiger charge is 2.42. The van der Waals surface area contributed by atoms with E-state index in [-0.39, 0.29) is 22.8 Å². The van der Waals surface area contributed by atoms with E-state index < -0.39 is 36.4 Å². The monoisotopic (exact) mass is 888 g/mol. The number of carboxylic acid groups (broad SMARTS) is 2. The quantitative estimate of drug-likeness (QED) is 0.0723. The zero-order valence-corrected chi connectivity index (χ0v) is 33.2. The number of aromatic nitrogens is 1. The molecule has 61 heavy (non-hydrogen) atoms. The van der Waals surface area contributed by atoms with Crippen LogP contribution in [0.15, 0.2) is 65.5 Å². The number of phenols is 1. The van der Waals surface area contributed by atoms with Gasteiger partial charge >= 0.3 is 30.3 Å². The van der Waals surface area contributed by atoms with Crippen molar-refractivity contribution < 1.29 is 75.4 Å². The molecule has 2 aliphatic heterocycles. The van der Waals surface area contributed by atoms with Crippen molar-refractivity contribution in [2.45, 2.75) is 49.9 Å². The van der Waals surface area contributed by atoms with Gasteiger partial charge in [0, 0.05) is 44.2 Å². The number of hydrogen-bond donors (Lipinski definition) is 6. The Kier molecular flexibility index (Phi) is 16.4. The highest BCUT2D eigenvalue weighted by molar-refractivity contribution is 7.15. The molecule has 6 N–H and O–H groups in total. The van der Waals surface area contributed by atoms with Gasteiger partial charge < -0.3 is 45.1 Å². The number of aliphatic hydroxyl groups is 1. The fraction of sp³-hybridized carbons (Fsp3) is 0.410. The molecule has 2 aliphatic rings. The molecule has 4 aromatic rings. The van der Waals surface area contributed by atoms with E-state index in [1.807, 2.05) is 4.90 Å². The highest BCUT2D eigenvalue weighted by Crippen LogP contribution is 2.33. The minimum atomic E-state index is -5.08. The van der Waals surface area contributed by atoms with Crippen molar-refractivity contribution in [1.82, 2.24) is 20.1 Å². The first-order valence-corrected chi connectivity index (χ1v) is 19.2. The Balaban J connectivity index is 0.000000504. The number of methoxy groups -OCH3 is 1. The average molecular weight is 889 g/mol. The molecular weight excluding hydrogens is 847 g/mol. The number of halogens is 6. The van der Waals surface area contributed by atoms with Crippen LogP contribution in [0, 0.1) is 0 Å². The number of phenolic OH excluding ortho intramolecular Hbond substituents is 1. The molecule has 0 aliphatic carbocycles.